The number of ether oxygens (including phenoxy) is 1. The Bertz CT molecular complexity index is 928. The van der Waals surface area contributed by atoms with E-state index in [-0.39, 0.29) is 11.5 Å². The Morgan fingerprint density at radius 3 is 2.43 bits per heavy atom. The van der Waals surface area contributed by atoms with Crippen molar-refractivity contribution in [3.63, 3.8) is 0 Å². The van der Waals surface area contributed by atoms with Crippen LogP contribution in [0, 0.1) is 12.8 Å². The molecule has 0 bridgehead atoms. The lowest BCUT2D eigenvalue weighted by Crippen LogP contribution is -2.42. The molecule has 0 spiro atoms. The monoisotopic (exact) mass is 433 g/mol. The fourth-order valence-corrected chi connectivity index (χ4v) is 4.10. The molecular formula is C22H31N3O4S. The van der Waals surface area contributed by atoms with Gasteiger partial charge in [0.1, 0.15) is 6.04 Å². The van der Waals surface area contributed by atoms with Gasteiger partial charge in [-0.05, 0) is 61.9 Å². The standard InChI is InChI=1S/C22H31N3O4S/c1-5-29-22(26)21(11-6-16(2)3)25-30(27,28)19-9-7-18(8-10-19)15-24-20-12-13-23-14-17(20)4/h7-10,12-14,16,21,25H,5-6,11,15H2,1-4H3,(H,23,24)/t21-/m1/s1. The van der Waals surface area contributed by atoms with Crippen LogP contribution in [0.5, 0.6) is 0 Å². The van der Waals surface area contributed by atoms with Crippen LogP contribution >= 0.6 is 0 Å². The van der Waals surface area contributed by atoms with Crippen LogP contribution in [0.25, 0.3) is 0 Å². The van der Waals surface area contributed by atoms with Crippen LogP contribution in [-0.2, 0) is 26.1 Å². The fourth-order valence-electron chi connectivity index (χ4n) is 2.88. The average molecular weight is 434 g/mol. The lowest BCUT2D eigenvalue weighted by molar-refractivity contribution is -0.145. The van der Waals surface area contributed by atoms with Gasteiger partial charge in [-0.15, -0.1) is 0 Å². The summed E-state index contributed by atoms with van der Waals surface area (Å²) < 4.78 is 33.1. The van der Waals surface area contributed by atoms with Crippen LogP contribution in [-0.4, -0.2) is 32.0 Å². The van der Waals surface area contributed by atoms with E-state index in [1.807, 2.05) is 26.8 Å². The molecule has 2 N–H and O–H groups in total. The summed E-state index contributed by atoms with van der Waals surface area (Å²) in [6.45, 7) is 8.48. The van der Waals surface area contributed by atoms with E-state index >= 15 is 0 Å². The Morgan fingerprint density at radius 2 is 1.83 bits per heavy atom. The first-order chi connectivity index (χ1) is 14.2. The number of hydrogen-bond donors (Lipinski definition) is 2. The van der Waals surface area contributed by atoms with E-state index in [1.54, 1.807) is 43.6 Å². The van der Waals surface area contributed by atoms with E-state index in [1.165, 1.54) is 0 Å². The molecule has 0 aliphatic rings. The molecule has 2 rings (SSSR count). The Morgan fingerprint density at radius 1 is 1.13 bits per heavy atom. The number of nitrogens with one attached hydrogen (secondary N) is 2. The summed E-state index contributed by atoms with van der Waals surface area (Å²) in [6.07, 6.45) is 4.60. The van der Waals surface area contributed by atoms with Gasteiger partial charge in [0.25, 0.3) is 0 Å². The number of carbonyl (C=O) groups is 1. The van der Waals surface area contributed by atoms with E-state index in [0.717, 1.165) is 16.8 Å². The Kier molecular flexibility index (Phi) is 8.80. The highest BCUT2D eigenvalue weighted by atomic mass is 32.2. The number of carbonyl (C=O) groups excluding carboxylic acids is 1. The van der Waals surface area contributed by atoms with Crippen molar-refractivity contribution in [1.29, 1.82) is 0 Å². The second-order valence-electron chi connectivity index (χ2n) is 7.59. The summed E-state index contributed by atoms with van der Waals surface area (Å²) in [7, 11) is -3.84. The number of esters is 1. The molecule has 2 aromatic rings. The summed E-state index contributed by atoms with van der Waals surface area (Å²) in [5.74, 6) is -0.197. The normalized spacial score (nSPS) is 12.6. The third-order valence-electron chi connectivity index (χ3n) is 4.64. The van der Waals surface area contributed by atoms with Gasteiger partial charge in [-0.25, -0.2) is 8.42 Å². The van der Waals surface area contributed by atoms with Crippen LogP contribution in [0.1, 0.15) is 44.7 Å². The smallest absolute Gasteiger partial charge is 0.324 e. The van der Waals surface area contributed by atoms with Gasteiger partial charge in [-0.1, -0.05) is 26.0 Å². The molecule has 8 heteroatoms. The molecule has 0 saturated heterocycles. The number of aromatic nitrogens is 1. The van der Waals surface area contributed by atoms with Crippen molar-refractivity contribution in [3.05, 3.63) is 53.9 Å². The Labute approximate surface area is 179 Å². The number of anilines is 1. The molecule has 0 amide bonds. The van der Waals surface area contributed by atoms with Gasteiger partial charge in [0.05, 0.1) is 11.5 Å². The topological polar surface area (TPSA) is 97.4 Å². The van der Waals surface area contributed by atoms with Crippen LogP contribution < -0.4 is 10.0 Å². The van der Waals surface area contributed by atoms with E-state index in [2.05, 4.69) is 15.0 Å². The number of nitrogens with zero attached hydrogens (tertiary/aromatic N) is 1. The minimum atomic E-state index is -3.84. The van der Waals surface area contributed by atoms with E-state index in [9.17, 15) is 13.2 Å². The van der Waals surface area contributed by atoms with Gasteiger partial charge in [0.15, 0.2) is 0 Å². The van der Waals surface area contributed by atoms with Crippen molar-refractivity contribution in [1.82, 2.24) is 9.71 Å². The first-order valence-electron chi connectivity index (χ1n) is 10.1. The molecule has 0 radical (unpaired) electrons. The minimum Gasteiger partial charge on any atom is -0.465 e. The summed E-state index contributed by atoms with van der Waals surface area (Å²) >= 11 is 0. The zero-order valence-electron chi connectivity index (χ0n) is 18.0. The molecule has 7 nitrogen and oxygen atoms in total. The third-order valence-corrected chi connectivity index (χ3v) is 6.13. The predicted molar refractivity (Wildman–Crippen MR) is 118 cm³/mol. The van der Waals surface area contributed by atoms with E-state index < -0.39 is 22.0 Å². The number of sulfonamides is 1. The SMILES string of the molecule is CCOC(=O)[C@@H](CCC(C)C)NS(=O)(=O)c1ccc(CNc2ccncc2C)cc1. The second kappa shape index (κ2) is 11.1. The highest BCUT2D eigenvalue weighted by Crippen LogP contribution is 2.17. The maximum absolute atomic E-state index is 12.8. The van der Waals surface area contributed by atoms with Crippen molar-refractivity contribution < 1.29 is 17.9 Å². The Balaban J connectivity index is 2.06. The van der Waals surface area contributed by atoms with Crippen molar-refractivity contribution in [2.75, 3.05) is 11.9 Å². The number of pyridine rings is 1. The molecule has 1 aromatic carbocycles. The fraction of sp³-hybridized carbons (Fsp3) is 0.455. The number of hydrogen-bond acceptors (Lipinski definition) is 6. The molecule has 1 atom stereocenters. The van der Waals surface area contributed by atoms with Crippen LogP contribution in [0.15, 0.2) is 47.6 Å². The molecule has 164 valence electrons. The molecular weight excluding hydrogens is 402 g/mol. The lowest BCUT2D eigenvalue weighted by atomic mass is 10.0. The third kappa shape index (κ3) is 7.11. The summed E-state index contributed by atoms with van der Waals surface area (Å²) in [5.41, 5.74) is 2.95. The van der Waals surface area contributed by atoms with Crippen LogP contribution in [0.4, 0.5) is 5.69 Å². The van der Waals surface area contributed by atoms with Crippen molar-refractivity contribution in [3.8, 4) is 0 Å². The molecule has 0 aliphatic carbocycles. The molecule has 1 aromatic heterocycles. The zero-order chi connectivity index (χ0) is 22.1. The van der Waals surface area contributed by atoms with Gasteiger partial charge in [0, 0.05) is 24.6 Å². The van der Waals surface area contributed by atoms with Crippen molar-refractivity contribution in [2.45, 2.75) is 58.0 Å². The lowest BCUT2D eigenvalue weighted by Gasteiger charge is -2.18. The Hall–Kier alpha value is -2.45. The average Bonchev–Trinajstić information content (AvgIpc) is 2.71. The first-order valence-corrected chi connectivity index (χ1v) is 11.6. The van der Waals surface area contributed by atoms with E-state index in [4.69, 9.17) is 4.74 Å². The quantitative estimate of drug-likeness (QED) is 0.525. The minimum absolute atomic E-state index is 0.116. The van der Waals surface area contributed by atoms with Crippen LogP contribution in [0.2, 0.25) is 0 Å². The highest BCUT2D eigenvalue weighted by molar-refractivity contribution is 7.89. The number of aryl methyl sites for hydroxylation is 1. The summed E-state index contributed by atoms with van der Waals surface area (Å²) in [6, 6.07) is 7.60. The molecule has 0 fully saturated rings. The van der Waals surface area contributed by atoms with Gasteiger partial charge in [-0.2, -0.15) is 4.72 Å². The zero-order valence-corrected chi connectivity index (χ0v) is 18.8. The molecule has 0 unspecified atom stereocenters. The van der Waals surface area contributed by atoms with Gasteiger partial charge >= 0.3 is 5.97 Å². The molecule has 0 saturated carbocycles. The van der Waals surface area contributed by atoms with Crippen molar-refractivity contribution >= 4 is 21.7 Å². The molecule has 1 heterocycles. The first kappa shape index (κ1) is 23.8. The highest BCUT2D eigenvalue weighted by Gasteiger charge is 2.26. The largest absolute Gasteiger partial charge is 0.465 e. The van der Waals surface area contributed by atoms with Gasteiger partial charge < -0.3 is 10.1 Å². The number of benzene rings is 1. The van der Waals surface area contributed by atoms with Crippen LogP contribution in [0.3, 0.4) is 0 Å². The maximum Gasteiger partial charge on any atom is 0.324 e. The summed E-state index contributed by atoms with van der Waals surface area (Å²) in [5, 5.41) is 3.31. The van der Waals surface area contributed by atoms with Crippen molar-refractivity contribution in [2.24, 2.45) is 5.92 Å². The maximum atomic E-state index is 12.8. The second-order valence-corrected chi connectivity index (χ2v) is 9.30. The molecule has 0 aliphatic heterocycles. The summed E-state index contributed by atoms with van der Waals surface area (Å²) in [4.78, 5) is 16.4. The van der Waals surface area contributed by atoms with Gasteiger partial charge in [0.2, 0.25) is 10.0 Å². The van der Waals surface area contributed by atoms with E-state index in [0.29, 0.717) is 25.3 Å². The van der Waals surface area contributed by atoms with Gasteiger partial charge in [-0.3, -0.25) is 9.78 Å². The molecule has 30 heavy (non-hydrogen) atoms. The number of rotatable bonds is 11. The predicted octanol–water partition coefficient (Wildman–Crippen LogP) is 3.65.